The van der Waals surface area contributed by atoms with Crippen molar-refractivity contribution in [1.29, 1.82) is 0 Å². The molecule has 0 saturated carbocycles. The molecule has 1 aromatic heterocycles. The lowest BCUT2D eigenvalue weighted by Gasteiger charge is -2.19. The van der Waals surface area contributed by atoms with Crippen LogP contribution in [0.4, 0.5) is 5.69 Å². The number of anilines is 1. The van der Waals surface area contributed by atoms with E-state index in [1.165, 1.54) is 0 Å². The number of nitrogens with two attached hydrogens (primary N) is 1. The van der Waals surface area contributed by atoms with Crippen molar-refractivity contribution >= 4 is 22.5 Å². The third-order valence-corrected chi connectivity index (χ3v) is 3.81. The Balaban J connectivity index is 2.22. The van der Waals surface area contributed by atoms with E-state index in [0.29, 0.717) is 17.2 Å². The number of aromatic amines is 1. The minimum absolute atomic E-state index is 0.0381. The first-order chi connectivity index (χ1) is 9.02. The number of H-pyrrole nitrogens is 1. The zero-order valence-corrected chi connectivity index (χ0v) is 11.7. The molecule has 4 N–H and O–H groups in total. The maximum Gasteiger partial charge on any atom is 0.253 e. The topological polar surface area (TPSA) is 70.9 Å². The molecule has 2 unspecified atom stereocenters. The molecule has 1 aromatic carbocycles. The molecule has 4 nitrogen and oxygen atoms in total. The van der Waals surface area contributed by atoms with E-state index in [-0.39, 0.29) is 11.9 Å². The summed E-state index contributed by atoms with van der Waals surface area (Å²) in [6.45, 7) is 6.31. The van der Waals surface area contributed by atoms with E-state index < -0.39 is 0 Å². The van der Waals surface area contributed by atoms with Crippen LogP contribution in [0.2, 0.25) is 0 Å². The van der Waals surface area contributed by atoms with Gasteiger partial charge in [0.25, 0.3) is 5.91 Å². The lowest BCUT2D eigenvalue weighted by atomic mass is 10.0. The van der Waals surface area contributed by atoms with E-state index in [4.69, 9.17) is 5.73 Å². The van der Waals surface area contributed by atoms with Gasteiger partial charge in [0.05, 0.1) is 5.56 Å². The number of fused-ring (bicyclic) bond motifs is 1. The molecule has 0 aliphatic carbocycles. The van der Waals surface area contributed by atoms with Gasteiger partial charge in [0, 0.05) is 28.8 Å². The van der Waals surface area contributed by atoms with Crippen LogP contribution in [-0.2, 0) is 0 Å². The number of carbonyl (C=O) groups excluding carboxylic acids is 1. The van der Waals surface area contributed by atoms with Crippen molar-refractivity contribution < 1.29 is 4.79 Å². The van der Waals surface area contributed by atoms with Gasteiger partial charge in [0.15, 0.2) is 0 Å². The van der Waals surface area contributed by atoms with E-state index in [0.717, 1.165) is 17.3 Å². The number of nitrogens with one attached hydrogen (secondary N) is 2. The SMILES string of the molecule is CCC(C)C(C)NC(=O)c1c[nH]c2cc(N)ccc12. The van der Waals surface area contributed by atoms with E-state index in [1.807, 2.05) is 25.1 Å². The number of aromatic nitrogens is 1. The van der Waals surface area contributed by atoms with Gasteiger partial charge < -0.3 is 16.0 Å². The summed E-state index contributed by atoms with van der Waals surface area (Å²) >= 11 is 0. The smallest absolute Gasteiger partial charge is 0.253 e. The minimum Gasteiger partial charge on any atom is -0.399 e. The lowest BCUT2D eigenvalue weighted by Crippen LogP contribution is -2.36. The second-order valence-corrected chi connectivity index (χ2v) is 5.16. The predicted octanol–water partition coefficient (Wildman–Crippen LogP) is 2.91. The summed E-state index contributed by atoms with van der Waals surface area (Å²) in [5, 5.41) is 3.96. The Kier molecular flexibility index (Phi) is 3.79. The normalized spacial score (nSPS) is 14.3. The molecule has 0 aliphatic rings. The highest BCUT2D eigenvalue weighted by Crippen LogP contribution is 2.21. The molecular formula is C15H21N3O. The van der Waals surface area contributed by atoms with Crippen molar-refractivity contribution in [2.75, 3.05) is 5.73 Å². The van der Waals surface area contributed by atoms with Crippen LogP contribution in [0.5, 0.6) is 0 Å². The Morgan fingerprint density at radius 2 is 2.16 bits per heavy atom. The van der Waals surface area contributed by atoms with E-state index >= 15 is 0 Å². The van der Waals surface area contributed by atoms with Gasteiger partial charge in [-0.2, -0.15) is 0 Å². The van der Waals surface area contributed by atoms with Gasteiger partial charge in [0.1, 0.15) is 0 Å². The summed E-state index contributed by atoms with van der Waals surface area (Å²) in [5.41, 5.74) is 7.98. The molecular weight excluding hydrogens is 238 g/mol. The lowest BCUT2D eigenvalue weighted by molar-refractivity contribution is 0.0930. The van der Waals surface area contributed by atoms with Crippen LogP contribution in [0.15, 0.2) is 24.4 Å². The Bertz CT molecular complexity index is 588. The molecule has 2 atom stereocenters. The Hall–Kier alpha value is -1.97. The second kappa shape index (κ2) is 5.34. The largest absolute Gasteiger partial charge is 0.399 e. The standard InChI is InChI=1S/C15H21N3O/c1-4-9(2)10(3)18-15(19)13-8-17-14-7-11(16)5-6-12(13)14/h5-10,17H,4,16H2,1-3H3,(H,18,19). The Morgan fingerprint density at radius 3 is 2.84 bits per heavy atom. The van der Waals surface area contributed by atoms with E-state index in [1.54, 1.807) is 6.20 Å². The average molecular weight is 259 g/mol. The minimum atomic E-state index is -0.0381. The van der Waals surface area contributed by atoms with Crippen molar-refractivity contribution in [2.24, 2.45) is 5.92 Å². The van der Waals surface area contributed by atoms with Gasteiger partial charge in [0.2, 0.25) is 0 Å². The van der Waals surface area contributed by atoms with Crippen LogP contribution >= 0.6 is 0 Å². The van der Waals surface area contributed by atoms with Gasteiger partial charge >= 0.3 is 0 Å². The molecule has 0 spiro atoms. The van der Waals surface area contributed by atoms with Crippen molar-refractivity contribution in [3.05, 3.63) is 30.0 Å². The molecule has 0 aliphatic heterocycles. The molecule has 102 valence electrons. The van der Waals surface area contributed by atoms with E-state index in [2.05, 4.69) is 24.1 Å². The van der Waals surface area contributed by atoms with Gasteiger partial charge in [-0.3, -0.25) is 4.79 Å². The summed E-state index contributed by atoms with van der Waals surface area (Å²) in [5.74, 6) is 0.425. The van der Waals surface area contributed by atoms with Crippen LogP contribution in [0.25, 0.3) is 10.9 Å². The number of hydrogen-bond acceptors (Lipinski definition) is 2. The van der Waals surface area contributed by atoms with Crippen molar-refractivity contribution in [3.63, 3.8) is 0 Å². The van der Waals surface area contributed by atoms with Gasteiger partial charge in [-0.05, 0) is 31.0 Å². The third kappa shape index (κ3) is 2.72. The monoisotopic (exact) mass is 259 g/mol. The molecule has 4 heteroatoms. The van der Waals surface area contributed by atoms with Crippen LogP contribution in [-0.4, -0.2) is 16.9 Å². The maximum absolute atomic E-state index is 12.3. The number of nitrogen functional groups attached to an aromatic ring is 1. The first kappa shape index (κ1) is 13.5. The summed E-state index contributed by atoms with van der Waals surface area (Å²) in [6, 6.07) is 5.69. The zero-order valence-electron chi connectivity index (χ0n) is 11.7. The molecule has 19 heavy (non-hydrogen) atoms. The molecule has 0 fully saturated rings. The molecule has 1 heterocycles. The Morgan fingerprint density at radius 1 is 1.42 bits per heavy atom. The van der Waals surface area contributed by atoms with Gasteiger partial charge in [-0.25, -0.2) is 0 Å². The zero-order chi connectivity index (χ0) is 14.0. The molecule has 2 rings (SSSR count). The third-order valence-electron chi connectivity index (χ3n) is 3.81. The average Bonchev–Trinajstić information content (AvgIpc) is 2.80. The van der Waals surface area contributed by atoms with Gasteiger partial charge in [-0.15, -0.1) is 0 Å². The molecule has 0 bridgehead atoms. The second-order valence-electron chi connectivity index (χ2n) is 5.16. The molecule has 2 aromatic rings. The maximum atomic E-state index is 12.3. The first-order valence-electron chi connectivity index (χ1n) is 6.70. The highest BCUT2D eigenvalue weighted by molar-refractivity contribution is 6.07. The number of hydrogen-bond donors (Lipinski definition) is 3. The highest BCUT2D eigenvalue weighted by Gasteiger charge is 2.17. The van der Waals surface area contributed by atoms with Crippen molar-refractivity contribution in [2.45, 2.75) is 33.2 Å². The molecule has 0 saturated heterocycles. The fourth-order valence-corrected chi connectivity index (χ4v) is 2.11. The van der Waals surface area contributed by atoms with Crippen molar-refractivity contribution in [3.8, 4) is 0 Å². The summed E-state index contributed by atoms with van der Waals surface area (Å²) in [4.78, 5) is 15.4. The van der Waals surface area contributed by atoms with Crippen LogP contribution in [0.1, 0.15) is 37.6 Å². The molecule has 1 amide bonds. The Labute approximate surface area is 113 Å². The fraction of sp³-hybridized carbons (Fsp3) is 0.400. The first-order valence-corrected chi connectivity index (χ1v) is 6.70. The number of benzene rings is 1. The van der Waals surface area contributed by atoms with E-state index in [9.17, 15) is 4.79 Å². The highest BCUT2D eigenvalue weighted by atomic mass is 16.1. The quantitative estimate of drug-likeness (QED) is 0.739. The number of rotatable bonds is 4. The van der Waals surface area contributed by atoms with Crippen LogP contribution in [0, 0.1) is 5.92 Å². The summed E-state index contributed by atoms with van der Waals surface area (Å²) in [7, 11) is 0. The van der Waals surface area contributed by atoms with Crippen LogP contribution in [0.3, 0.4) is 0 Å². The van der Waals surface area contributed by atoms with Crippen LogP contribution < -0.4 is 11.1 Å². The molecule has 0 radical (unpaired) electrons. The van der Waals surface area contributed by atoms with Gasteiger partial charge in [-0.1, -0.05) is 20.3 Å². The predicted molar refractivity (Wildman–Crippen MR) is 79.1 cm³/mol. The summed E-state index contributed by atoms with van der Waals surface area (Å²) < 4.78 is 0. The fourth-order valence-electron chi connectivity index (χ4n) is 2.11. The summed E-state index contributed by atoms with van der Waals surface area (Å²) in [6.07, 6.45) is 2.79. The van der Waals surface area contributed by atoms with Crippen molar-refractivity contribution in [1.82, 2.24) is 10.3 Å². The number of carbonyl (C=O) groups is 1. The number of amides is 1.